The van der Waals surface area contributed by atoms with Crippen molar-refractivity contribution < 1.29 is 13.2 Å². The summed E-state index contributed by atoms with van der Waals surface area (Å²) in [4.78, 5) is 0. The van der Waals surface area contributed by atoms with Gasteiger partial charge in [0.05, 0.1) is 16.9 Å². The monoisotopic (exact) mass is 386 g/mol. The first-order chi connectivity index (χ1) is 13.0. The van der Waals surface area contributed by atoms with Crippen LogP contribution in [0.2, 0.25) is 0 Å². The summed E-state index contributed by atoms with van der Waals surface area (Å²) >= 11 is 1.26. The van der Waals surface area contributed by atoms with Gasteiger partial charge in [0.2, 0.25) is 11.0 Å². The first-order valence-electron chi connectivity index (χ1n) is 8.01. The molecule has 0 aliphatic rings. The van der Waals surface area contributed by atoms with Crippen LogP contribution in [0.5, 0.6) is 0 Å². The lowest BCUT2D eigenvalue weighted by Gasteiger charge is -2.03. The minimum atomic E-state index is -0.416. The van der Waals surface area contributed by atoms with E-state index in [9.17, 15) is 4.39 Å². The highest BCUT2D eigenvalue weighted by atomic mass is 32.2. The van der Waals surface area contributed by atoms with E-state index in [0.717, 1.165) is 11.3 Å². The second kappa shape index (κ2) is 6.88. The summed E-state index contributed by atoms with van der Waals surface area (Å²) in [5.41, 5.74) is 1.05. The maximum atomic E-state index is 13.9. The standard InChI is InChI=1S/C17H15FN6O2S/c1-9-7-12(10(2)25-9)16-22-20-14(26-16)8-27-17-23-21-15(24(17)19)11-5-3-4-6-13(11)18/h3-7H,8,19H2,1-2H3. The molecule has 0 radical (unpaired) electrons. The Morgan fingerprint density at radius 3 is 2.63 bits per heavy atom. The first-order valence-corrected chi connectivity index (χ1v) is 8.99. The summed E-state index contributed by atoms with van der Waals surface area (Å²) < 4.78 is 26.3. The number of rotatable bonds is 5. The smallest absolute Gasteiger partial charge is 0.251 e. The fourth-order valence-corrected chi connectivity index (χ4v) is 3.29. The molecule has 3 heterocycles. The SMILES string of the molecule is Cc1cc(-c2nnc(CSc3nnc(-c4ccccc4F)n3N)o2)c(C)o1. The molecule has 0 atom stereocenters. The summed E-state index contributed by atoms with van der Waals surface area (Å²) in [7, 11) is 0. The van der Waals surface area contributed by atoms with E-state index in [1.54, 1.807) is 18.2 Å². The lowest BCUT2D eigenvalue weighted by atomic mass is 10.2. The lowest BCUT2D eigenvalue weighted by Crippen LogP contribution is -2.12. The molecule has 0 unspecified atom stereocenters. The minimum absolute atomic E-state index is 0.242. The number of aromatic nitrogens is 5. The molecule has 10 heteroatoms. The van der Waals surface area contributed by atoms with E-state index in [4.69, 9.17) is 14.7 Å². The van der Waals surface area contributed by atoms with Crippen molar-refractivity contribution in [1.29, 1.82) is 0 Å². The molecule has 4 aromatic rings. The van der Waals surface area contributed by atoms with Gasteiger partial charge in [0.25, 0.3) is 5.89 Å². The maximum Gasteiger partial charge on any atom is 0.251 e. The molecule has 3 aromatic heterocycles. The Kier molecular flexibility index (Phi) is 4.40. The van der Waals surface area contributed by atoms with Gasteiger partial charge < -0.3 is 14.7 Å². The Morgan fingerprint density at radius 1 is 1.07 bits per heavy atom. The third-order valence-electron chi connectivity index (χ3n) is 3.84. The topological polar surface area (TPSA) is 109 Å². The largest absolute Gasteiger partial charge is 0.466 e. The van der Waals surface area contributed by atoms with Gasteiger partial charge in [-0.25, -0.2) is 9.07 Å². The molecule has 0 saturated heterocycles. The van der Waals surface area contributed by atoms with Crippen LogP contribution < -0.4 is 5.84 Å². The molecule has 0 spiro atoms. The number of halogens is 1. The third kappa shape index (κ3) is 3.31. The van der Waals surface area contributed by atoms with Crippen LogP contribution in [0.3, 0.4) is 0 Å². The fourth-order valence-electron chi connectivity index (χ4n) is 2.59. The van der Waals surface area contributed by atoms with Gasteiger partial charge in [-0.05, 0) is 32.0 Å². The summed E-state index contributed by atoms with van der Waals surface area (Å²) in [5, 5.41) is 16.5. The molecular weight excluding hydrogens is 371 g/mol. The number of aryl methyl sites for hydroxylation is 2. The van der Waals surface area contributed by atoms with Crippen molar-refractivity contribution in [3.8, 4) is 22.8 Å². The Labute approximate surface area is 157 Å². The first kappa shape index (κ1) is 17.3. The molecular formula is C17H15FN6O2S. The van der Waals surface area contributed by atoms with Gasteiger partial charge in [-0.1, -0.05) is 23.9 Å². The van der Waals surface area contributed by atoms with E-state index in [1.807, 2.05) is 19.9 Å². The number of hydrogen-bond donors (Lipinski definition) is 1. The van der Waals surface area contributed by atoms with Crippen molar-refractivity contribution in [1.82, 2.24) is 25.1 Å². The third-order valence-corrected chi connectivity index (χ3v) is 4.77. The van der Waals surface area contributed by atoms with Crippen molar-refractivity contribution in [2.75, 3.05) is 5.84 Å². The number of benzene rings is 1. The van der Waals surface area contributed by atoms with Crippen LogP contribution in [-0.2, 0) is 5.75 Å². The van der Waals surface area contributed by atoms with Crippen LogP contribution in [0.15, 0.2) is 44.3 Å². The van der Waals surface area contributed by atoms with Crippen LogP contribution in [0, 0.1) is 19.7 Å². The average Bonchev–Trinajstić information content (AvgIpc) is 3.33. The van der Waals surface area contributed by atoms with Gasteiger partial charge in [0, 0.05) is 0 Å². The highest BCUT2D eigenvalue weighted by Crippen LogP contribution is 2.28. The van der Waals surface area contributed by atoms with Crippen LogP contribution in [-0.4, -0.2) is 25.1 Å². The molecule has 0 bridgehead atoms. The molecule has 0 saturated carbocycles. The molecule has 0 aliphatic carbocycles. The Balaban J connectivity index is 1.50. The Bertz CT molecular complexity index is 1100. The van der Waals surface area contributed by atoms with Gasteiger partial charge in [-0.15, -0.1) is 20.4 Å². The van der Waals surface area contributed by atoms with Crippen molar-refractivity contribution in [2.45, 2.75) is 24.8 Å². The number of thioether (sulfide) groups is 1. The van der Waals surface area contributed by atoms with E-state index >= 15 is 0 Å². The highest BCUT2D eigenvalue weighted by Gasteiger charge is 2.18. The second-order valence-corrected chi connectivity index (χ2v) is 6.72. The van der Waals surface area contributed by atoms with Crippen LogP contribution in [0.1, 0.15) is 17.4 Å². The summed E-state index contributed by atoms with van der Waals surface area (Å²) in [6.45, 7) is 3.69. The zero-order valence-electron chi connectivity index (χ0n) is 14.5. The molecule has 0 aliphatic heterocycles. The van der Waals surface area contributed by atoms with E-state index in [0.29, 0.717) is 28.5 Å². The van der Waals surface area contributed by atoms with E-state index in [1.165, 1.54) is 22.5 Å². The van der Waals surface area contributed by atoms with Crippen molar-refractivity contribution in [3.63, 3.8) is 0 Å². The average molecular weight is 386 g/mol. The number of hydrogen-bond acceptors (Lipinski definition) is 8. The normalized spacial score (nSPS) is 11.2. The zero-order chi connectivity index (χ0) is 19.0. The Morgan fingerprint density at radius 2 is 1.89 bits per heavy atom. The number of nitrogens with two attached hydrogens (primary N) is 1. The number of nitrogens with zero attached hydrogens (tertiary/aromatic N) is 5. The van der Waals surface area contributed by atoms with E-state index in [2.05, 4.69) is 20.4 Å². The quantitative estimate of drug-likeness (QED) is 0.411. The molecule has 138 valence electrons. The minimum Gasteiger partial charge on any atom is -0.466 e. The predicted octanol–water partition coefficient (Wildman–Crippen LogP) is 3.35. The van der Waals surface area contributed by atoms with Crippen molar-refractivity contribution in [3.05, 3.63) is 53.6 Å². The summed E-state index contributed by atoms with van der Waals surface area (Å²) in [5.74, 6) is 8.46. The molecule has 0 amide bonds. The van der Waals surface area contributed by atoms with Crippen molar-refractivity contribution >= 4 is 11.8 Å². The number of furan rings is 1. The highest BCUT2D eigenvalue weighted by molar-refractivity contribution is 7.98. The molecule has 0 fully saturated rings. The van der Waals surface area contributed by atoms with E-state index in [-0.39, 0.29) is 11.4 Å². The van der Waals surface area contributed by atoms with Crippen LogP contribution in [0.25, 0.3) is 22.8 Å². The van der Waals surface area contributed by atoms with Gasteiger partial charge in [0.15, 0.2) is 5.82 Å². The van der Waals surface area contributed by atoms with Crippen molar-refractivity contribution in [2.24, 2.45) is 0 Å². The predicted molar refractivity (Wildman–Crippen MR) is 96.6 cm³/mol. The number of nitrogen functional groups attached to an aromatic ring is 1. The van der Waals surface area contributed by atoms with Gasteiger partial charge in [0.1, 0.15) is 17.3 Å². The molecule has 2 N–H and O–H groups in total. The van der Waals surface area contributed by atoms with E-state index < -0.39 is 5.82 Å². The summed E-state index contributed by atoms with van der Waals surface area (Å²) in [6, 6.07) is 8.09. The van der Waals surface area contributed by atoms with Gasteiger partial charge in [-0.2, -0.15) is 0 Å². The second-order valence-electron chi connectivity index (χ2n) is 5.77. The van der Waals surface area contributed by atoms with Gasteiger partial charge in [-0.3, -0.25) is 0 Å². The van der Waals surface area contributed by atoms with Crippen LogP contribution in [0.4, 0.5) is 4.39 Å². The zero-order valence-corrected chi connectivity index (χ0v) is 15.3. The summed E-state index contributed by atoms with van der Waals surface area (Å²) in [6.07, 6.45) is 0. The lowest BCUT2D eigenvalue weighted by molar-refractivity contribution is 0.499. The molecule has 27 heavy (non-hydrogen) atoms. The fraction of sp³-hybridized carbons (Fsp3) is 0.176. The van der Waals surface area contributed by atoms with Crippen LogP contribution >= 0.6 is 11.8 Å². The Hall–Kier alpha value is -3.14. The molecule has 1 aromatic carbocycles. The van der Waals surface area contributed by atoms with Gasteiger partial charge >= 0.3 is 0 Å². The molecule has 4 rings (SSSR count). The maximum absolute atomic E-state index is 13.9. The molecule has 8 nitrogen and oxygen atoms in total.